The van der Waals surface area contributed by atoms with Gasteiger partial charge in [0.1, 0.15) is 11.5 Å². The summed E-state index contributed by atoms with van der Waals surface area (Å²) in [5, 5.41) is 0.525. The van der Waals surface area contributed by atoms with E-state index < -0.39 is 9.84 Å². The number of ether oxygens (including phenoxy) is 2. The summed E-state index contributed by atoms with van der Waals surface area (Å²) in [6.45, 7) is 0.594. The molecule has 0 radical (unpaired) electrons. The van der Waals surface area contributed by atoms with Gasteiger partial charge in [0, 0.05) is 17.4 Å². The second kappa shape index (κ2) is 9.54. The zero-order valence-electron chi connectivity index (χ0n) is 18.1. The van der Waals surface area contributed by atoms with Gasteiger partial charge in [-0.1, -0.05) is 42.1 Å². The number of hydrogen-bond donors (Lipinski definition) is 0. The Kier molecular flexibility index (Phi) is 6.76. The molecule has 2 aliphatic heterocycles. The number of aliphatic imine (C=N–C) groups is 1. The van der Waals surface area contributed by atoms with Crippen molar-refractivity contribution in [3.8, 4) is 11.5 Å². The van der Waals surface area contributed by atoms with Crippen LogP contribution in [-0.2, 0) is 27.5 Å². The predicted molar refractivity (Wildman–Crippen MR) is 126 cm³/mol. The van der Waals surface area contributed by atoms with Gasteiger partial charge >= 0.3 is 0 Å². The van der Waals surface area contributed by atoms with Gasteiger partial charge in [0.25, 0.3) is 5.91 Å². The first kappa shape index (κ1) is 22.7. The summed E-state index contributed by atoms with van der Waals surface area (Å²) < 4.78 is 34.9. The normalized spacial score (nSPS) is 22.7. The quantitative estimate of drug-likeness (QED) is 0.610. The number of rotatable bonds is 7. The number of sulfone groups is 1. The lowest BCUT2D eigenvalue weighted by Crippen LogP contribution is -2.39. The van der Waals surface area contributed by atoms with Crippen molar-refractivity contribution in [3.05, 3.63) is 59.7 Å². The molecule has 0 N–H and O–H groups in total. The number of nitrogens with zero attached hydrogens (tertiary/aromatic N) is 2. The third-order valence-corrected chi connectivity index (χ3v) is 8.98. The molecule has 2 aromatic carbocycles. The summed E-state index contributed by atoms with van der Waals surface area (Å²) in [6, 6.07) is 15.0. The topological polar surface area (TPSA) is 85.3 Å². The van der Waals surface area contributed by atoms with Crippen molar-refractivity contribution in [2.45, 2.75) is 24.1 Å². The molecule has 0 bridgehead atoms. The van der Waals surface area contributed by atoms with Crippen molar-refractivity contribution in [3.63, 3.8) is 0 Å². The van der Waals surface area contributed by atoms with E-state index in [9.17, 15) is 13.2 Å². The van der Waals surface area contributed by atoms with Crippen LogP contribution in [-0.4, -0.2) is 68.0 Å². The standard InChI is InChI=1S/C23H26N2O5S2/c1-29-18-9-7-16(8-10-18)11-12-25-19-14-32(27,28)15-21(19)31-23(25)24-22(26)13-17-5-3-4-6-20(17)30-2/h3-10,19,21H,11-15H2,1-2H3/t19-,21+/m1/s1. The molecule has 0 aliphatic carbocycles. The Labute approximate surface area is 192 Å². The highest BCUT2D eigenvalue weighted by Gasteiger charge is 2.48. The second-order valence-corrected chi connectivity index (χ2v) is 11.2. The fourth-order valence-corrected chi connectivity index (χ4v) is 8.09. The minimum Gasteiger partial charge on any atom is -0.497 e. The molecule has 2 aromatic rings. The van der Waals surface area contributed by atoms with E-state index in [1.165, 1.54) is 11.8 Å². The number of amidine groups is 1. The largest absolute Gasteiger partial charge is 0.497 e. The van der Waals surface area contributed by atoms with Crippen LogP contribution >= 0.6 is 11.8 Å². The van der Waals surface area contributed by atoms with Crippen LogP contribution < -0.4 is 9.47 Å². The molecule has 2 aliphatic rings. The Morgan fingerprint density at radius 3 is 2.56 bits per heavy atom. The van der Waals surface area contributed by atoms with Crippen LogP contribution in [0.15, 0.2) is 53.5 Å². The molecule has 170 valence electrons. The van der Waals surface area contributed by atoms with E-state index in [1.54, 1.807) is 14.2 Å². The van der Waals surface area contributed by atoms with E-state index in [-0.39, 0.29) is 35.1 Å². The van der Waals surface area contributed by atoms with Gasteiger partial charge in [-0.05, 0) is 30.2 Å². The molecule has 32 heavy (non-hydrogen) atoms. The SMILES string of the molecule is COc1ccc(CCN2C(=NC(=O)Cc3ccccc3OC)S[C@H]3CS(=O)(=O)C[C@H]32)cc1. The van der Waals surface area contributed by atoms with E-state index in [4.69, 9.17) is 9.47 Å². The maximum Gasteiger partial charge on any atom is 0.252 e. The molecule has 2 fully saturated rings. The number of fused-ring (bicyclic) bond motifs is 1. The van der Waals surface area contributed by atoms with E-state index >= 15 is 0 Å². The van der Waals surface area contributed by atoms with Gasteiger partial charge in [0.15, 0.2) is 15.0 Å². The van der Waals surface area contributed by atoms with Crippen molar-refractivity contribution in [1.82, 2.24) is 4.90 Å². The highest BCUT2D eigenvalue weighted by molar-refractivity contribution is 8.15. The van der Waals surface area contributed by atoms with Crippen molar-refractivity contribution in [1.29, 1.82) is 0 Å². The number of para-hydroxylation sites is 1. The maximum absolute atomic E-state index is 12.8. The molecule has 2 atom stereocenters. The maximum atomic E-state index is 12.8. The third-order valence-electron chi connectivity index (χ3n) is 5.73. The predicted octanol–water partition coefficient (Wildman–Crippen LogP) is 2.59. The molecule has 7 nitrogen and oxygen atoms in total. The number of carbonyl (C=O) groups is 1. The van der Waals surface area contributed by atoms with Crippen LogP contribution in [0.5, 0.6) is 11.5 Å². The van der Waals surface area contributed by atoms with E-state index in [0.29, 0.717) is 23.9 Å². The van der Waals surface area contributed by atoms with E-state index in [1.807, 2.05) is 53.4 Å². The Bertz CT molecular complexity index is 1120. The third kappa shape index (κ3) is 5.10. The van der Waals surface area contributed by atoms with Crippen molar-refractivity contribution in [2.75, 3.05) is 32.3 Å². The van der Waals surface area contributed by atoms with Gasteiger partial charge < -0.3 is 14.4 Å². The van der Waals surface area contributed by atoms with Gasteiger partial charge in [-0.2, -0.15) is 4.99 Å². The highest BCUT2D eigenvalue weighted by atomic mass is 32.2. The van der Waals surface area contributed by atoms with Gasteiger partial charge in [0.2, 0.25) is 0 Å². The second-order valence-electron chi connectivity index (χ2n) is 7.87. The first-order chi connectivity index (χ1) is 15.4. The highest BCUT2D eigenvalue weighted by Crippen LogP contribution is 2.38. The molecule has 0 spiro atoms. The Hall–Kier alpha value is -2.52. The number of carbonyl (C=O) groups excluding carboxylic acids is 1. The average molecular weight is 475 g/mol. The summed E-state index contributed by atoms with van der Waals surface area (Å²) in [5.41, 5.74) is 1.89. The first-order valence-corrected chi connectivity index (χ1v) is 13.1. The molecule has 2 heterocycles. The Morgan fingerprint density at radius 1 is 1.09 bits per heavy atom. The summed E-state index contributed by atoms with van der Waals surface area (Å²) in [4.78, 5) is 19.2. The monoisotopic (exact) mass is 474 g/mol. The number of benzene rings is 2. The number of methoxy groups -OCH3 is 2. The van der Waals surface area contributed by atoms with Gasteiger partial charge in [-0.25, -0.2) is 8.42 Å². The molecule has 0 saturated carbocycles. The summed E-state index contributed by atoms with van der Waals surface area (Å²) in [5.74, 6) is 1.40. The van der Waals surface area contributed by atoms with Crippen LogP contribution in [0.25, 0.3) is 0 Å². The van der Waals surface area contributed by atoms with Gasteiger partial charge in [0.05, 0.1) is 38.2 Å². The molecule has 2 saturated heterocycles. The van der Waals surface area contributed by atoms with E-state index in [0.717, 1.165) is 16.9 Å². The lowest BCUT2D eigenvalue weighted by Gasteiger charge is -2.24. The average Bonchev–Trinajstić information content (AvgIpc) is 3.23. The zero-order chi connectivity index (χ0) is 22.7. The lowest BCUT2D eigenvalue weighted by molar-refractivity contribution is -0.117. The van der Waals surface area contributed by atoms with Crippen molar-refractivity contribution >= 4 is 32.7 Å². The van der Waals surface area contributed by atoms with Crippen LogP contribution in [0, 0.1) is 0 Å². The number of hydrogen-bond acceptors (Lipinski definition) is 6. The molecular weight excluding hydrogens is 448 g/mol. The van der Waals surface area contributed by atoms with E-state index in [2.05, 4.69) is 4.99 Å². The summed E-state index contributed by atoms with van der Waals surface area (Å²) in [7, 11) is 0.126. The van der Waals surface area contributed by atoms with Crippen molar-refractivity contribution in [2.24, 2.45) is 4.99 Å². The smallest absolute Gasteiger partial charge is 0.252 e. The van der Waals surface area contributed by atoms with Crippen LogP contribution in [0.2, 0.25) is 0 Å². The van der Waals surface area contributed by atoms with Crippen LogP contribution in [0.4, 0.5) is 0 Å². The molecule has 4 rings (SSSR count). The first-order valence-electron chi connectivity index (χ1n) is 10.4. The van der Waals surface area contributed by atoms with Crippen molar-refractivity contribution < 1.29 is 22.7 Å². The summed E-state index contributed by atoms with van der Waals surface area (Å²) >= 11 is 1.41. The summed E-state index contributed by atoms with van der Waals surface area (Å²) in [6.07, 6.45) is 0.849. The molecule has 9 heteroatoms. The van der Waals surface area contributed by atoms with Gasteiger partial charge in [-0.15, -0.1) is 0 Å². The van der Waals surface area contributed by atoms with Crippen LogP contribution in [0.3, 0.4) is 0 Å². The number of amides is 1. The molecule has 0 unspecified atom stereocenters. The zero-order valence-corrected chi connectivity index (χ0v) is 19.7. The minimum atomic E-state index is -3.08. The van der Waals surface area contributed by atoms with Gasteiger partial charge in [-0.3, -0.25) is 4.79 Å². The minimum absolute atomic E-state index is 0.0892. The fraction of sp³-hybridized carbons (Fsp3) is 0.391. The Balaban J connectivity index is 1.51. The molecule has 0 aromatic heterocycles. The van der Waals surface area contributed by atoms with Crippen LogP contribution in [0.1, 0.15) is 11.1 Å². The Morgan fingerprint density at radius 2 is 1.84 bits per heavy atom. The fourth-order valence-electron chi connectivity index (χ4n) is 4.10. The molecular formula is C23H26N2O5S2. The number of thioether (sulfide) groups is 1. The molecule has 1 amide bonds. The lowest BCUT2D eigenvalue weighted by atomic mass is 10.1.